The first-order valence-electron chi connectivity index (χ1n) is 5.48. The molecule has 0 radical (unpaired) electrons. The summed E-state index contributed by atoms with van der Waals surface area (Å²) in [7, 11) is 1.65. The van der Waals surface area contributed by atoms with Crippen LogP contribution in [0.1, 0.15) is 0 Å². The number of fused-ring (bicyclic) bond motifs is 1. The van der Waals surface area contributed by atoms with E-state index in [1.807, 2.05) is 6.26 Å². The molecule has 0 aliphatic carbocycles. The second-order valence-corrected chi connectivity index (χ2v) is 4.56. The van der Waals surface area contributed by atoms with Gasteiger partial charge in [0, 0.05) is 25.6 Å². The summed E-state index contributed by atoms with van der Waals surface area (Å²) >= 11 is 1.41. The van der Waals surface area contributed by atoms with Gasteiger partial charge in [-0.25, -0.2) is 24.6 Å². The van der Waals surface area contributed by atoms with Crippen molar-refractivity contribution < 1.29 is 0 Å². The van der Waals surface area contributed by atoms with Crippen LogP contribution in [0.3, 0.4) is 0 Å². The highest BCUT2D eigenvalue weighted by Crippen LogP contribution is 2.15. The van der Waals surface area contributed by atoms with Crippen LogP contribution in [0.5, 0.6) is 0 Å². The van der Waals surface area contributed by atoms with Crippen molar-refractivity contribution in [1.29, 1.82) is 0 Å². The van der Waals surface area contributed by atoms with Gasteiger partial charge in [0.1, 0.15) is 5.39 Å². The molecule has 7 nitrogen and oxygen atoms in total. The van der Waals surface area contributed by atoms with Gasteiger partial charge in [-0.2, -0.15) is 4.68 Å². The summed E-state index contributed by atoms with van der Waals surface area (Å²) in [5, 5.41) is 1.05. The summed E-state index contributed by atoms with van der Waals surface area (Å²) in [6.07, 6.45) is 6.66. The maximum absolute atomic E-state index is 12.1. The molecule has 0 aromatic carbocycles. The molecule has 19 heavy (non-hydrogen) atoms. The third-order valence-electron chi connectivity index (χ3n) is 2.70. The molecule has 3 aromatic rings. The van der Waals surface area contributed by atoms with Crippen LogP contribution < -0.4 is 5.56 Å². The van der Waals surface area contributed by atoms with E-state index in [1.54, 1.807) is 30.2 Å². The van der Waals surface area contributed by atoms with E-state index >= 15 is 0 Å². The van der Waals surface area contributed by atoms with Gasteiger partial charge < -0.3 is 0 Å². The normalized spacial score (nSPS) is 11.1. The number of rotatable bonds is 2. The molecule has 96 valence electrons. The topological polar surface area (TPSA) is 78.5 Å². The van der Waals surface area contributed by atoms with E-state index in [0.717, 1.165) is 0 Å². The molecule has 0 spiro atoms. The van der Waals surface area contributed by atoms with Gasteiger partial charge in [-0.05, 0) is 12.3 Å². The number of aromatic nitrogens is 6. The van der Waals surface area contributed by atoms with Gasteiger partial charge >= 0.3 is 0 Å². The first kappa shape index (κ1) is 11.8. The van der Waals surface area contributed by atoms with Crippen molar-refractivity contribution in [3.63, 3.8) is 0 Å². The Hall–Kier alpha value is -2.22. The molecule has 0 amide bonds. The van der Waals surface area contributed by atoms with Crippen molar-refractivity contribution in [1.82, 2.24) is 29.3 Å². The second kappa shape index (κ2) is 4.47. The SMILES string of the molecule is CSc1ncc2c(=O)n(C)n(-c3ncccn3)c2n1. The van der Waals surface area contributed by atoms with Gasteiger partial charge in [-0.3, -0.25) is 4.79 Å². The fraction of sp³-hybridized carbons (Fsp3) is 0.182. The first-order valence-corrected chi connectivity index (χ1v) is 6.71. The summed E-state index contributed by atoms with van der Waals surface area (Å²) < 4.78 is 3.01. The van der Waals surface area contributed by atoms with Crippen LogP contribution in [-0.4, -0.2) is 35.6 Å². The molecule has 0 atom stereocenters. The van der Waals surface area contributed by atoms with Gasteiger partial charge in [0.15, 0.2) is 10.8 Å². The number of hydrogen-bond donors (Lipinski definition) is 0. The van der Waals surface area contributed by atoms with Gasteiger partial charge in [0.2, 0.25) is 0 Å². The number of thioether (sulfide) groups is 1. The van der Waals surface area contributed by atoms with Crippen molar-refractivity contribution in [2.24, 2.45) is 7.05 Å². The highest BCUT2D eigenvalue weighted by molar-refractivity contribution is 7.98. The largest absolute Gasteiger partial charge is 0.277 e. The van der Waals surface area contributed by atoms with Crippen LogP contribution in [0, 0.1) is 0 Å². The molecule has 3 aromatic heterocycles. The third kappa shape index (κ3) is 1.80. The van der Waals surface area contributed by atoms with Crippen LogP contribution in [0.2, 0.25) is 0 Å². The maximum atomic E-state index is 12.1. The molecule has 0 N–H and O–H groups in total. The van der Waals surface area contributed by atoms with E-state index in [1.165, 1.54) is 22.6 Å². The molecule has 0 aliphatic rings. The monoisotopic (exact) mass is 274 g/mol. The summed E-state index contributed by atoms with van der Waals surface area (Å²) in [4.78, 5) is 28.9. The Morgan fingerprint density at radius 1 is 1.21 bits per heavy atom. The summed E-state index contributed by atoms with van der Waals surface area (Å²) in [6.45, 7) is 0. The lowest BCUT2D eigenvalue weighted by atomic mass is 10.4. The summed E-state index contributed by atoms with van der Waals surface area (Å²) in [6, 6.07) is 1.72. The zero-order valence-corrected chi connectivity index (χ0v) is 11.1. The van der Waals surface area contributed by atoms with E-state index in [2.05, 4.69) is 19.9 Å². The lowest BCUT2D eigenvalue weighted by molar-refractivity contribution is 0.626. The van der Waals surface area contributed by atoms with E-state index in [9.17, 15) is 4.79 Å². The lowest BCUT2D eigenvalue weighted by Crippen LogP contribution is -2.19. The van der Waals surface area contributed by atoms with Gasteiger partial charge in [-0.1, -0.05) is 11.8 Å². The van der Waals surface area contributed by atoms with Crippen molar-refractivity contribution in [3.05, 3.63) is 35.0 Å². The molecule has 0 aliphatic heterocycles. The molecule has 3 heterocycles. The predicted molar refractivity (Wildman–Crippen MR) is 71.5 cm³/mol. The predicted octanol–water partition coefficient (Wildman–Crippen LogP) is 0.631. The fourth-order valence-corrected chi connectivity index (χ4v) is 2.14. The standard InChI is InChI=1S/C11H10N6OS/c1-16-9(18)7-6-14-11(19-2)15-8(7)17(16)10-12-4-3-5-13-10/h3-6H,1-2H3. The van der Waals surface area contributed by atoms with Gasteiger partial charge in [0.25, 0.3) is 11.5 Å². The lowest BCUT2D eigenvalue weighted by Gasteiger charge is -2.05. The van der Waals surface area contributed by atoms with Crippen molar-refractivity contribution in [2.75, 3.05) is 6.26 Å². The van der Waals surface area contributed by atoms with Crippen molar-refractivity contribution in [3.8, 4) is 5.95 Å². The molecule has 0 saturated carbocycles. The zero-order valence-electron chi connectivity index (χ0n) is 10.3. The Labute approximate surface area is 112 Å². The maximum Gasteiger partial charge on any atom is 0.277 e. The zero-order chi connectivity index (χ0) is 13.4. The first-order chi connectivity index (χ1) is 9.22. The highest BCUT2D eigenvalue weighted by Gasteiger charge is 2.16. The van der Waals surface area contributed by atoms with Crippen LogP contribution >= 0.6 is 11.8 Å². The van der Waals surface area contributed by atoms with E-state index in [0.29, 0.717) is 22.1 Å². The minimum absolute atomic E-state index is 0.171. The Bertz CT molecular complexity index is 794. The Morgan fingerprint density at radius 2 is 1.95 bits per heavy atom. The van der Waals surface area contributed by atoms with E-state index in [4.69, 9.17) is 0 Å². The van der Waals surface area contributed by atoms with Crippen molar-refractivity contribution >= 4 is 22.8 Å². The molecule has 0 bridgehead atoms. The second-order valence-electron chi connectivity index (χ2n) is 3.78. The average molecular weight is 274 g/mol. The summed E-state index contributed by atoms with van der Waals surface area (Å²) in [5.41, 5.74) is 0.341. The van der Waals surface area contributed by atoms with E-state index < -0.39 is 0 Å². The Kier molecular flexibility index (Phi) is 2.79. The number of hydrogen-bond acceptors (Lipinski definition) is 6. The fourth-order valence-electron chi connectivity index (χ4n) is 1.80. The van der Waals surface area contributed by atoms with Crippen LogP contribution in [-0.2, 0) is 7.05 Å². The molecular formula is C11H10N6OS. The van der Waals surface area contributed by atoms with Gasteiger partial charge in [-0.15, -0.1) is 0 Å². The van der Waals surface area contributed by atoms with Crippen LogP contribution in [0.15, 0.2) is 34.6 Å². The summed E-state index contributed by atoms with van der Waals surface area (Å²) in [5.74, 6) is 0.405. The number of nitrogens with zero attached hydrogens (tertiary/aromatic N) is 6. The van der Waals surface area contributed by atoms with Crippen molar-refractivity contribution in [2.45, 2.75) is 5.16 Å². The highest BCUT2D eigenvalue weighted by atomic mass is 32.2. The molecule has 0 fully saturated rings. The molecule has 3 rings (SSSR count). The van der Waals surface area contributed by atoms with Crippen LogP contribution in [0.4, 0.5) is 0 Å². The molecular weight excluding hydrogens is 264 g/mol. The minimum Gasteiger partial charge on any atom is -0.267 e. The third-order valence-corrected chi connectivity index (χ3v) is 3.26. The van der Waals surface area contributed by atoms with Crippen LogP contribution in [0.25, 0.3) is 17.0 Å². The smallest absolute Gasteiger partial charge is 0.267 e. The quantitative estimate of drug-likeness (QED) is 0.504. The molecule has 0 saturated heterocycles. The molecule has 0 unspecified atom stereocenters. The Morgan fingerprint density at radius 3 is 2.63 bits per heavy atom. The minimum atomic E-state index is -0.171. The molecule has 8 heteroatoms. The van der Waals surface area contributed by atoms with E-state index in [-0.39, 0.29) is 5.56 Å². The van der Waals surface area contributed by atoms with Gasteiger partial charge in [0.05, 0.1) is 0 Å². The average Bonchev–Trinajstić information content (AvgIpc) is 2.71. The Balaban J connectivity index is 2.41.